The molecule has 0 saturated carbocycles. The van der Waals surface area contributed by atoms with Crippen molar-refractivity contribution in [2.45, 2.75) is 24.6 Å². The molecule has 1 amide bonds. The van der Waals surface area contributed by atoms with Crippen molar-refractivity contribution in [2.24, 2.45) is 0 Å². The summed E-state index contributed by atoms with van der Waals surface area (Å²) in [4.78, 5) is 34.7. The number of carbonyl (C=O) groups is 2. The van der Waals surface area contributed by atoms with E-state index in [0.717, 1.165) is 10.9 Å². The Hall–Kier alpha value is -4.29. The summed E-state index contributed by atoms with van der Waals surface area (Å²) in [6.07, 6.45) is -2.24. The average molecular weight is 522 g/mol. The van der Waals surface area contributed by atoms with Crippen molar-refractivity contribution in [2.75, 3.05) is 13.1 Å². The quantitative estimate of drug-likeness (QED) is 0.379. The first-order valence-corrected chi connectivity index (χ1v) is 10.9. The number of para-hydroxylation sites is 1. The topological polar surface area (TPSA) is 108 Å². The van der Waals surface area contributed by atoms with Crippen LogP contribution in [0.5, 0.6) is 5.88 Å². The first-order valence-electron chi connectivity index (χ1n) is 10.9. The zero-order chi connectivity index (χ0) is 26.8. The SMILES string of the molecule is O=C(O)C(F)(F)F.O=C(c1c[nH]c2ccncc12)N1CCC(F)(F)[C@@H](Oc2ccc3ccccc3n2)C1. The van der Waals surface area contributed by atoms with E-state index in [1.807, 2.05) is 18.2 Å². The lowest BCUT2D eigenvalue weighted by molar-refractivity contribution is -0.192. The highest BCUT2D eigenvalue weighted by molar-refractivity contribution is 6.06. The van der Waals surface area contributed by atoms with Crippen LogP contribution in [-0.4, -0.2) is 68.1 Å². The molecule has 0 spiro atoms. The van der Waals surface area contributed by atoms with Gasteiger partial charge in [0, 0.05) is 53.9 Å². The fraction of sp³-hybridized carbons (Fsp3) is 0.250. The molecule has 0 bridgehead atoms. The van der Waals surface area contributed by atoms with Gasteiger partial charge in [0.25, 0.3) is 11.8 Å². The maximum atomic E-state index is 14.6. The Morgan fingerprint density at radius 1 is 1.14 bits per heavy atom. The number of H-pyrrole nitrogens is 1. The number of ether oxygens (including phenoxy) is 1. The van der Waals surface area contributed by atoms with Gasteiger partial charge in [-0.05, 0) is 18.2 Å². The Balaban J connectivity index is 0.000000405. The van der Waals surface area contributed by atoms with E-state index in [0.29, 0.717) is 16.5 Å². The Morgan fingerprint density at radius 3 is 2.59 bits per heavy atom. The summed E-state index contributed by atoms with van der Waals surface area (Å²) in [5, 5.41) is 8.68. The zero-order valence-corrected chi connectivity index (χ0v) is 18.9. The lowest BCUT2D eigenvalue weighted by Crippen LogP contribution is -2.55. The second-order valence-electron chi connectivity index (χ2n) is 8.14. The summed E-state index contributed by atoms with van der Waals surface area (Å²) in [6.45, 7) is -0.281. The van der Waals surface area contributed by atoms with Gasteiger partial charge in [-0.1, -0.05) is 18.2 Å². The lowest BCUT2D eigenvalue weighted by Gasteiger charge is -2.37. The van der Waals surface area contributed by atoms with E-state index in [1.165, 1.54) is 4.90 Å². The number of rotatable bonds is 3. The van der Waals surface area contributed by atoms with Crippen molar-refractivity contribution in [1.82, 2.24) is 19.9 Å². The number of fused-ring (bicyclic) bond motifs is 2. The Morgan fingerprint density at radius 2 is 1.86 bits per heavy atom. The molecule has 37 heavy (non-hydrogen) atoms. The summed E-state index contributed by atoms with van der Waals surface area (Å²) >= 11 is 0. The van der Waals surface area contributed by atoms with Crippen molar-refractivity contribution in [1.29, 1.82) is 0 Å². The molecule has 0 unspecified atom stereocenters. The third kappa shape index (κ3) is 5.76. The van der Waals surface area contributed by atoms with Gasteiger partial charge in [-0.3, -0.25) is 9.78 Å². The number of nitrogens with zero attached hydrogens (tertiary/aromatic N) is 3. The van der Waals surface area contributed by atoms with Crippen molar-refractivity contribution in [3.8, 4) is 5.88 Å². The average Bonchev–Trinajstić information content (AvgIpc) is 3.29. The standard InChI is InChI=1S/C22H18F2N4O2.C2HF3O2/c23-22(24)8-10-28(21(29)16-12-26-18-7-9-25-11-15(16)18)13-19(22)30-20-6-5-14-3-1-2-4-17(14)27-20;3-2(4,5)1(6)7/h1-7,9,11-12,19,26H,8,10,13H2;(H,6,7)/t19-;/m0./s1. The van der Waals surface area contributed by atoms with Gasteiger partial charge in [0.05, 0.1) is 17.6 Å². The van der Waals surface area contributed by atoms with Gasteiger partial charge in [0.15, 0.2) is 6.10 Å². The van der Waals surface area contributed by atoms with Crippen LogP contribution in [-0.2, 0) is 4.79 Å². The second kappa shape index (κ2) is 9.99. The Kier molecular flexibility index (Phi) is 6.96. The molecule has 1 fully saturated rings. The zero-order valence-electron chi connectivity index (χ0n) is 18.9. The molecule has 0 radical (unpaired) electrons. The summed E-state index contributed by atoms with van der Waals surface area (Å²) in [5.41, 5.74) is 1.84. The molecule has 0 aliphatic carbocycles. The molecule has 1 aromatic carbocycles. The maximum absolute atomic E-state index is 14.6. The highest BCUT2D eigenvalue weighted by atomic mass is 19.4. The summed E-state index contributed by atoms with van der Waals surface area (Å²) in [7, 11) is 0. The Labute approximate surface area is 205 Å². The first-order chi connectivity index (χ1) is 17.5. The molecule has 5 rings (SSSR count). The van der Waals surface area contributed by atoms with Crippen LogP contribution in [0.3, 0.4) is 0 Å². The minimum absolute atomic E-state index is 0.0518. The number of likely N-dealkylation sites (tertiary alicyclic amines) is 1. The van der Waals surface area contributed by atoms with E-state index in [1.54, 1.807) is 42.9 Å². The van der Waals surface area contributed by atoms with Crippen LogP contribution < -0.4 is 4.74 Å². The first kappa shape index (κ1) is 25.8. The van der Waals surface area contributed by atoms with E-state index >= 15 is 0 Å². The smallest absolute Gasteiger partial charge is 0.475 e. The molecule has 2 N–H and O–H groups in total. The van der Waals surface area contributed by atoms with Gasteiger partial charge in [-0.15, -0.1) is 0 Å². The van der Waals surface area contributed by atoms with Crippen LogP contribution in [0, 0.1) is 0 Å². The van der Waals surface area contributed by atoms with Crippen LogP contribution in [0.1, 0.15) is 16.8 Å². The van der Waals surface area contributed by atoms with Crippen LogP contribution in [0.4, 0.5) is 22.0 Å². The Bertz CT molecular complexity index is 1440. The van der Waals surface area contributed by atoms with Gasteiger partial charge in [0.1, 0.15) is 0 Å². The molecule has 8 nitrogen and oxygen atoms in total. The van der Waals surface area contributed by atoms with Crippen LogP contribution in [0.2, 0.25) is 0 Å². The number of pyridine rings is 2. The summed E-state index contributed by atoms with van der Waals surface area (Å²) < 4.78 is 66.5. The number of alkyl halides is 5. The van der Waals surface area contributed by atoms with E-state index in [2.05, 4.69) is 15.0 Å². The van der Waals surface area contributed by atoms with Gasteiger partial charge in [-0.25, -0.2) is 18.6 Å². The maximum Gasteiger partial charge on any atom is 0.490 e. The lowest BCUT2D eigenvalue weighted by atomic mass is 10.0. The van der Waals surface area contributed by atoms with Crippen molar-refractivity contribution in [3.05, 3.63) is 66.6 Å². The molecule has 3 aromatic heterocycles. The number of carbonyl (C=O) groups excluding carboxylic acids is 1. The number of hydrogen-bond donors (Lipinski definition) is 2. The van der Waals surface area contributed by atoms with Crippen LogP contribution in [0.15, 0.2) is 61.1 Å². The fourth-order valence-corrected chi connectivity index (χ4v) is 3.75. The molecule has 1 aliphatic heterocycles. The highest BCUT2D eigenvalue weighted by Gasteiger charge is 2.47. The van der Waals surface area contributed by atoms with Crippen molar-refractivity contribution >= 4 is 33.7 Å². The third-order valence-electron chi connectivity index (χ3n) is 5.65. The molecule has 4 aromatic rings. The molecule has 1 aliphatic rings. The minimum atomic E-state index is -5.08. The van der Waals surface area contributed by atoms with Gasteiger partial charge < -0.3 is 19.7 Å². The van der Waals surface area contributed by atoms with E-state index in [-0.39, 0.29) is 24.9 Å². The number of amides is 1. The molecule has 1 saturated heterocycles. The van der Waals surface area contributed by atoms with Gasteiger partial charge >= 0.3 is 12.1 Å². The second-order valence-corrected chi connectivity index (χ2v) is 8.14. The molecular formula is C24H19F5N4O4. The monoisotopic (exact) mass is 522 g/mol. The largest absolute Gasteiger partial charge is 0.490 e. The molecule has 194 valence electrons. The van der Waals surface area contributed by atoms with E-state index in [4.69, 9.17) is 14.6 Å². The van der Waals surface area contributed by atoms with Crippen LogP contribution in [0.25, 0.3) is 21.8 Å². The normalized spacial score (nSPS) is 17.2. The fourth-order valence-electron chi connectivity index (χ4n) is 3.75. The minimum Gasteiger partial charge on any atom is -0.475 e. The number of aromatic nitrogens is 3. The molecule has 1 atom stereocenters. The van der Waals surface area contributed by atoms with Crippen molar-refractivity contribution < 1.29 is 41.4 Å². The summed E-state index contributed by atoms with van der Waals surface area (Å²) in [6, 6.07) is 12.5. The summed E-state index contributed by atoms with van der Waals surface area (Å²) in [5.74, 6) is -6.03. The number of carboxylic acids is 1. The third-order valence-corrected chi connectivity index (χ3v) is 5.65. The molecule has 13 heteroatoms. The van der Waals surface area contributed by atoms with Crippen molar-refractivity contribution in [3.63, 3.8) is 0 Å². The van der Waals surface area contributed by atoms with Gasteiger partial charge in [0.2, 0.25) is 5.88 Å². The van der Waals surface area contributed by atoms with E-state index < -0.39 is 30.6 Å². The van der Waals surface area contributed by atoms with E-state index in [9.17, 15) is 26.7 Å². The number of aliphatic carboxylic acids is 1. The number of hydrogen-bond acceptors (Lipinski definition) is 5. The van der Waals surface area contributed by atoms with Gasteiger partial charge in [-0.2, -0.15) is 13.2 Å². The number of aromatic amines is 1. The number of carboxylic acid groups (broad SMARTS) is 1. The van der Waals surface area contributed by atoms with Crippen LogP contribution >= 0.6 is 0 Å². The number of nitrogens with one attached hydrogen (secondary N) is 1. The number of piperidine rings is 1. The number of benzene rings is 1. The predicted octanol–water partition coefficient (Wildman–Crippen LogP) is 4.67. The molecule has 4 heterocycles. The predicted molar refractivity (Wildman–Crippen MR) is 121 cm³/mol. The molecular weight excluding hydrogens is 503 g/mol. The number of halogens is 5. The highest BCUT2D eigenvalue weighted by Crippen LogP contribution is 2.33.